The number of hydrogen-bond donors (Lipinski definition) is 0. The third-order valence-corrected chi connectivity index (χ3v) is 2.15. The lowest BCUT2D eigenvalue weighted by Crippen LogP contribution is -1.95. The number of alkyl halides is 1. The maximum absolute atomic E-state index is 5.23. The Hall–Kier alpha value is -0.770. The van der Waals surface area contributed by atoms with Crippen molar-refractivity contribution in [1.29, 1.82) is 0 Å². The maximum atomic E-state index is 5.23. The SMILES string of the molecule is COc1c(/C=C/CBr)c(C)nn1C. The zero-order valence-corrected chi connectivity index (χ0v) is 9.63. The molecular formula is C9H13BrN2O. The van der Waals surface area contributed by atoms with E-state index < -0.39 is 0 Å². The molecular weight excluding hydrogens is 232 g/mol. The van der Waals surface area contributed by atoms with E-state index in [4.69, 9.17) is 4.74 Å². The van der Waals surface area contributed by atoms with E-state index in [0.717, 1.165) is 22.5 Å². The van der Waals surface area contributed by atoms with Gasteiger partial charge in [-0.25, -0.2) is 4.68 Å². The minimum Gasteiger partial charge on any atom is -0.481 e. The summed E-state index contributed by atoms with van der Waals surface area (Å²) in [6.45, 7) is 1.97. The van der Waals surface area contributed by atoms with E-state index in [1.165, 1.54) is 0 Å². The van der Waals surface area contributed by atoms with E-state index >= 15 is 0 Å². The van der Waals surface area contributed by atoms with Gasteiger partial charge < -0.3 is 4.74 Å². The summed E-state index contributed by atoms with van der Waals surface area (Å²) in [4.78, 5) is 0. The van der Waals surface area contributed by atoms with Crippen LogP contribution in [0.25, 0.3) is 6.08 Å². The Balaban J connectivity index is 3.09. The molecule has 0 aliphatic rings. The molecule has 1 rings (SSSR count). The Bertz CT molecular complexity index is 318. The number of aryl methyl sites for hydroxylation is 2. The van der Waals surface area contributed by atoms with Gasteiger partial charge in [-0.1, -0.05) is 28.1 Å². The number of methoxy groups -OCH3 is 1. The number of hydrogen-bond acceptors (Lipinski definition) is 2. The number of allylic oxidation sites excluding steroid dienone is 1. The summed E-state index contributed by atoms with van der Waals surface area (Å²) in [7, 11) is 3.53. The summed E-state index contributed by atoms with van der Waals surface area (Å²) in [6, 6.07) is 0. The predicted molar refractivity (Wildman–Crippen MR) is 57.3 cm³/mol. The van der Waals surface area contributed by atoms with Gasteiger partial charge in [-0.05, 0) is 6.92 Å². The smallest absolute Gasteiger partial charge is 0.218 e. The van der Waals surface area contributed by atoms with Gasteiger partial charge in [-0.15, -0.1) is 0 Å². The first-order valence-corrected chi connectivity index (χ1v) is 5.13. The average molecular weight is 245 g/mol. The van der Waals surface area contributed by atoms with Gasteiger partial charge in [0.25, 0.3) is 0 Å². The third-order valence-electron chi connectivity index (χ3n) is 1.78. The van der Waals surface area contributed by atoms with Gasteiger partial charge in [0.05, 0.1) is 18.4 Å². The first-order valence-electron chi connectivity index (χ1n) is 4.00. The molecule has 0 saturated carbocycles. The molecule has 0 N–H and O–H groups in total. The standard InChI is InChI=1S/C9H13BrN2O/c1-7-8(5-4-6-10)9(13-3)12(2)11-7/h4-5H,6H2,1-3H3/b5-4+. The molecule has 13 heavy (non-hydrogen) atoms. The second-order valence-corrected chi connectivity index (χ2v) is 3.34. The van der Waals surface area contributed by atoms with Crippen LogP contribution in [0.1, 0.15) is 11.3 Å². The summed E-state index contributed by atoms with van der Waals surface area (Å²) in [5, 5.41) is 5.10. The van der Waals surface area contributed by atoms with Crippen molar-refractivity contribution in [3.63, 3.8) is 0 Å². The largest absolute Gasteiger partial charge is 0.481 e. The molecule has 0 fully saturated rings. The lowest BCUT2D eigenvalue weighted by Gasteiger charge is -2.00. The van der Waals surface area contributed by atoms with Crippen molar-refractivity contribution in [3.05, 3.63) is 17.3 Å². The van der Waals surface area contributed by atoms with Crippen LogP contribution in [0.3, 0.4) is 0 Å². The summed E-state index contributed by atoms with van der Waals surface area (Å²) in [6.07, 6.45) is 4.03. The normalized spacial score (nSPS) is 11.1. The minimum absolute atomic E-state index is 0.801. The van der Waals surface area contributed by atoms with Gasteiger partial charge in [-0.3, -0.25) is 0 Å². The molecule has 0 aliphatic heterocycles. The van der Waals surface area contributed by atoms with Crippen LogP contribution in [0.4, 0.5) is 0 Å². The number of nitrogens with zero attached hydrogens (tertiary/aromatic N) is 2. The van der Waals surface area contributed by atoms with Crippen molar-refractivity contribution in [2.75, 3.05) is 12.4 Å². The van der Waals surface area contributed by atoms with Gasteiger partial charge in [0.15, 0.2) is 0 Å². The van der Waals surface area contributed by atoms with E-state index in [1.807, 2.05) is 26.1 Å². The summed E-state index contributed by atoms with van der Waals surface area (Å²) in [5.74, 6) is 0.801. The van der Waals surface area contributed by atoms with Crippen LogP contribution < -0.4 is 4.74 Å². The third kappa shape index (κ3) is 2.12. The summed E-state index contributed by atoms with van der Waals surface area (Å²) in [5.41, 5.74) is 2.03. The molecule has 1 aromatic rings. The summed E-state index contributed by atoms with van der Waals surface area (Å²) < 4.78 is 6.97. The predicted octanol–water partition coefficient (Wildman–Crippen LogP) is 2.15. The van der Waals surface area contributed by atoms with Gasteiger partial charge in [0.2, 0.25) is 5.88 Å². The fourth-order valence-electron chi connectivity index (χ4n) is 1.25. The van der Waals surface area contributed by atoms with Crippen molar-refractivity contribution >= 4 is 22.0 Å². The van der Waals surface area contributed by atoms with Crippen molar-refractivity contribution in [2.45, 2.75) is 6.92 Å². The molecule has 0 bridgehead atoms. The highest BCUT2D eigenvalue weighted by Gasteiger charge is 2.09. The fraction of sp³-hybridized carbons (Fsp3) is 0.444. The molecule has 0 unspecified atom stereocenters. The molecule has 0 aromatic carbocycles. The van der Waals surface area contributed by atoms with Gasteiger partial charge in [0.1, 0.15) is 0 Å². The first kappa shape index (κ1) is 10.3. The molecule has 0 aliphatic carbocycles. The van der Waals surface area contributed by atoms with E-state index in [9.17, 15) is 0 Å². The Morgan fingerprint density at radius 1 is 1.62 bits per heavy atom. The molecule has 72 valence electrons. The van der Waals surface area contributed by atoms with E-state index in [0.29, 0.717) is 0 Å². The second-order valence-electron chi connectivity index (χ2n) is 2.69. The average Bonchev–Trinajstić information content (AvgIpc) is 2.37. The van der Waals surface area contributed by atoms with Crippen molar-refractivity contribution in [1.82, 2.24) is 9.78 Å². The van der Waals surface area contributed by atoms with Crippen molar-refractivity contribution in [3.8, 4) is 5.88 Å². The van der Waals surface area contributed by atoms with Gasteiger partial charge >= 0.3 is 0 Å². The maximum Gasteiger partial charge on any atom is 0.218 e. The monoisotopic (exact) mass is 244 g/mol. The van der Waals surface area contributed by atoms with Crippen LogP contribution in [-0.2, 0) is 7.05 Å². The van der Waals surface area contributed by atoms with Gasteiger partial charge in [0, 0.05) is 12.4 Å². The van der Waals surface area contributed by atoms with Crippen LogP contribution in [0.15, 0.2) is 6.08 Å². The van der Waals surface area contributed by atoms with E-state index in [2.05, 4.69) is 21.0 Å². The second kappa shape index (κ2) is 4.46. The Morgan fingerprint density at radius 3 is 2.85 bits per heavy atom. The number of rotatable bonds is 3. The van der Waals surface area contributed by atoms with Crippen LogP contribution in [-0.4, -0.2) is 22.2 Å². The Morgan fingerprint density at radius 2 is 2.31 bits per heavy atom. The fourth-order valence-corrected chi connectivity index (χ4v) is 1.44. The van der Waals surface area contributed by atoms with Crippen LogP contribution >= 0.6 is 15.9 Å². The number of halogens is 1. The Kier molecular flexibility index (Phi) is 3.54. The molecule has 3 nitrogen and oxygen atoms in total. The highest BCUT2D eigenvalue weighted by Crippen LogP contribution is 2.22. The highest BCUT2D eigenvalue weighted by atomic mass is 79.9. The minimum atomic E-state index is 0.801. The van der Waals surface area contributed by atoms with Crippen molar-refractivity contribution < 1.29 is 4.74 Å². The lowest BCUT2D eigenvalue weighted by atomic mass is 10.2. The Labute approximate surface area is 86.5 Å². The highest BCUT2D eigenvalue weighted by molar-refractivity contribution is 9.09. The quantitative estimate of drug-likeness (QED) is 0.763. The van der Waals surface area contributed by atoms with Crippen LogP contribution in [0, 0.1) is 6.92 Å². The van der Waals surface area contributed by atoms with Crippen molar-refractivity contribution in [2.24, 2.45) is 7.05 Å². The summed E-state index contributed by atoms with van der Waals surface area (Å²) >= 11 is 3.33. The van der Waals surface area contributed by atoms with Crippen LogP contribution in [0.5, 0.6) is 5.88 Å². The molecule has 0 amide bonds. The van der Waals surface area contributed by atoms with E-state index in [-0.39, 0.29) is 0 Å². The molecule has 0 atom stereocenters. The molecule has 0 saturated heterocycles. The molecule has 4 heteroatoms. The zero-order valence-electron chi connectivity index (χ0n) is 8.04. The molecule has 0 radical (unpaired) electrons. The first-order chi connectivity index (χ1) is 6.20. The van der Waals surface area contributed by atoms with Gasteiger partial charge in [-0.2, -0.15) is 5.10 Å². The van der Waals surface area contributed by atoms with E-state index in [1.54, 1.807) is 11.8 Å². The molecule has 1 aromatic heterocycles. The lowest BCUT2D eigenvalue weighted by molar-refractivity contribution is 0.372. The topological polar surface area (TPSA) is 27.1 Å². The zero-order chi connectivity index (χ0) is 9.84. The number of ether oxygens (including phenoxy) is 1. The number of aromatic nitrogens is 2. The van der Waals surface area contributed by atoms with Crippen LogP contribution in [0.2, 0.25) is 0 Å². The molecule has 1 heterocycles. The molecule has 0 spiro atoms.